The first-order valence-corrected chi connectivity index (χ1v) is 7.49. The number of hydrogen-bond donors (Lipinski definition) is 0. The third-order valence-electron chi connectivity index (χ3n) is 2.65. The molecular formula is C15H10BrO4S-. The summed E-state index contributed by atoms with van der Waals surface area (Å²) in [6, 6.07) is 8.27. The second-order valence-electron chi connectivity index (χ2n) is 4.04. The van der Waals surface area contributed by atoms with Crippen molar-refractivity contribution in [1.82, 2.24) is 0 Å². The monoisotopic (exact) mass is 365 g/mol. The lowest BCUT2D eigenvalue weighted by molar-refractivity contribution is -0.254. The van der Waals surface area contributed by atoms with Crippen LogP contribution < -0.4 is 9.84 Å². The fraction of sp³-hybridized carbons (Fsp3) is 0.0667. The zero-order valence-electron chi connectivity index (χ0n) is 11.0. The normalized spacial score (nSPS) is 10.8. The van der Waals surface area contributed by atoms with E-state index < -0.39 is 5.97 Å². The number of ketones is 1. The lowest BCUT2D eigenvalue weighted by atomic mass is 10.2. The molecule has 0 N–H and O–H groups in total. The Balaban J connectivity index is 2.14. The van der Waals surface area contributed by atoms with Gasteiger partial charge in [-0.25, -0.2) is 0 Å². The first-order chi connectivity index (χ1) is 10.0. The van der Waals surface area contributed by atoms with Crippen molar-refractivity contribution in [3.8, 4) is 5.75 Å². The minimum Gasteiger partial charge on any atom is -0.544 e. The number of hydrogen-bond acceptors (Lipinski definition) is 5. The second-order valence-corrected chi connectivity index (χ2v) is 5.98. The van der Waals surface area contributed by atoms with Crippen molar-refractivity contribution in [2.24, 2.45) is 0 Å². The van der Waals surface area contributed by atoms with E-state index in [4.69, 9.17) is 4.74 Å². The van der Waals surface area contributed by atoms with Gasteiger partial charge in [-0.2, -0.15) is 0 Å². The SMILES string of the molecule is COc1ccc(/C=C/C(=O)c2ccc(C(=O)[O-])s2)cc1Br. The maximum atomic E-state index is 11.9. The molecular weight excluding hydrogens is 356 g/mol. The molecule has 0 aliphatic rings. The van der Waals surface area contributed by atoms with Gasteiger partial charge in [-0.05, 0) is 51.8 Å². The van der Waals surface area contributed by atoms with Crippen molar-refractivity contribution in [2.45, 2.75) is 0 Å². The smallest absolute Gasteiger partial charge is 0.195 e. The lowest BCUT2D eigenvalue weighted by Gasteiger charge is -2.03. The number of carboxylic acids is 1. The Morgan fingerprint density at radius 1 is 1.24 bits per heavy atom. The molecule has 0 saturated carbocycles. The summed E-state index contributed by atoms with van der Waals surface area (Å²) in [4.78, 5) is 23.0. The molecule has 1 aromatic heterocycles. The Morgan fingerprint density at radius 2 is 1.95 bits per heavy atom. The molecule has 2 rings (SSSR count). The van der Waals surface area contributed by atoms with E-state index in [1.54, 1.807) is 19.3 Å². The molecule has 2 aromatic rings. The van der Waals surface area contributed by atoms with Gasteiger partial charge in [-0.15, -0.1) is 11.3 Å². The van der Waals surface area contributed by atoms with Gasteiger partial charge < -0.3 is 14.6 Å². The molecule has 0 aliphatic heterocycles. The summed E-state index contributed by atoms with van der Waals surface area (Å²) < 4.78 is 5.91. The van der Waals surface area contributed by atoms with Gasteiger partial charge in [-0.3, -0.25) is 4.79 Å². The van der Waals surface area contributed by atoms with E-state index >= 15 is 0 Å². The molecule has 0 unspecified atom stereocenters. The molecule has 1 heterocycles. The minimum atomic E-state index is -1.28. The summed E-state index contributed by atoms with van der Waals surface area (Å²) >= 11 is 4.27. The van der Waals surface area contributed by atoms with E-state index in [0.717, 1.165) is 21.4 Å². The highest BCUT2D eigenvalue weighted by Gasteiger charge is 2.07. The summed E-state index contributed by atoms with van der Waals surface area (Å²) in [5.74, 6) is -0.822. The highest BCUT2D eigenvalue weighted by Crippen LogP contribution is 2.26. The van der Waals surface area contributed by atoms with Crippen LogP contribution in [0.1, 0.15) is 24.9 Å². The van der Waals surface area contributed by atoms with Gasteiger partial charge in [0.2, 0.25) is 0 Å². The van der Waals surface area contributed by atoms with Gasteiger partial charge in [0.25, 0.3) is 0 Å². The Bertz CT molecular complexity index is 718. The molecule has 108 valence electrons. The molecule has 6 heteroatoms. The van der Waals surface area contributed by atoms with Gasteiger partial charge in [0.15, 0.2) is 5.78 Å². The van der Waals surface area contributed by atoms with Gasteiger partial charge >= 0.3 is 0 Å². The van der Waals surface area contributed by atoms with Crippen molar-refractivity contribution < 1.29 is 19.4 Å². The van der Waals surface area contributed by atoms with E-state index in [1.165, 1.54) is 18.2 Å². The molecule has 4 nitrogen and oxygen atoms in total. The Morgan fingerprint density at radius 3 is 2.52 bits per heavy atom. The van der Waals surface area contributed by atoms with Crippen LogP contribution in [-0.4, -0.2) is 18.9 Å². The van der Waals surface area contributed by atoms with Crippen LogP contribution in [0.3, 0.4) is 0 Å². The predicted molar refractivity (Wildman–Crippen MR) is 82.7 cm³/mol. The standard InChI is InChI=1S/C15H11BrO4S/c1-20-12-5-3-9(8-10(12)16)2-4-11(17)13-6-7-14(21-13)15(18)19/h2-8H,1H3,(H,18,19)/p-1/b4-2+. The van der Waals surface area contributed by atoms with Gasteiger partial charge in [0.05, 0.1) is 27.3 Å². The lowest BCUT2D eigenvalue weighted by Crippen LogP contribution is -2.20. The Kier molecular flexibility index (Phi) is 4.93. The fourth-order valence-corrected chi connectivity index (χ4v) is 2.94. The molecule has 0 amide bonds. The first kappa shape index (κ1) is 15.5. The van der Waals surface area contributed by atoms with Crippen molar-refractivity contribution in [1.29, 1.82) is 0 Å². The Hall–Kier alpha value is -1.92. The largest absolute Gasteiger partial charge is 0.544 e. The van der Waals surface area contributed by atoms with E-state index in [9.17, 15) is 14.7 Å². The summed E-state index contributed by atoms with van der Waals surface area (Å²) in [7, 11) is 1.57. The number of benzene rings is 1. The number of carbonyl (C=O) groups excluding carboxylic acids is 2. The molecule has 0 spiro atoms. The average molecular weight is 366 g/mol. The topological polar surface area (TPSA) is 66.4 Å². The predicted octanol–water partition coefficient (Wildman–Crippen LogP) is 2.78. The van der Waals surface area contributed by atoms with Crippen LogP contribution in [0.15, 0.2) is 40.9 Å². The number of aromatic carboxylic acids is 1. The zero-order chi connectivity index (χ0) is 15.4. The number of ether oxygens (including phenoxy) is 1. The fourth-order valence-electron chi connectivity index (χ4n) is 1.62. The number of carboxylic acid groups (broad SMARTS) is 1. The average Bonchev–Trinajstić information content (AvgIpc) is 2.95. The molecule has 0 bridgehead atoms. The molecule has 0 radical (unpaired) electrons. The summed E-state index contributed by atoms with van der Waals surface area (Å²) in [6.07, 6.45) is 3.06. The zero-order valence-corrected chi connectivity index (χ0v) is 13.4. The van der Waals surface area contributed by atoms with Crippen LogP contribution in [0.25, 0.3) is 6.08 Å². The highest BCUT2D eigenvalue weighted by molar-refractivity contribution is 9.10. The van der Waals surface area contributed by atoms with E-state index in [2.05, 4.69) is 15.9 Å². The number of methoxy groups -OCH3 is 1. The molecule has 21 heavy (non-hydrogen) atoms. The number of rotatable bonds is 5. The molecule has 0 aliphatic carbocycles. The van der Waals surface area contributed by atoms with E-state index in [-0.39, 0.29) is 10.7 Å². The van der Waals surface area contributed by atoms with Crippen LogP contribution in [0.4, 0.5) is 0 Å². The van der Waals surface area contributed by atoms with Gasteiger partial charge in [0, 0.05) is 0 Å². The molecule has 0 fully saturated rings. The number of carbonyl (C=O) groups is 2. The first-order valence-electron chi connectivity index (χ1n) is 5.88. The minimum absolute atomic E-state index is 0.0407. The van der Waals surface area contributed by atoms with Crippen LogP contribution in [0.5, 0.6) is 5.75 Å². The van der Waals surface area contributed by atoms with Gasteiger partial charge in [0.1, 0.15) is 5.75 Å². The maximum Gasteiger partial charge on any atom is 0.195 e. The van der Waals surface area contributed by atoms with Crippen LogP contribution in [0.2, 0.25) is 0 Å². The van der Waals surface area contributed by atoms with Crippen LogP contribution in [0, 0.1) is 0 Å². The molecule has 1 aromatic carbocycles. The van der Waals surface area contributed by atoms with Crippen LogP contribution in [-0.2, 0) is 0 Å². The summed E-state index contributed by atoms with van der Waals surface area (Å²) in [5, 5.41) is 10.7. The molecule has 0 saturated heterocycles. The summed E-state index contributed by atoms with van der Waals surface area (Å²) in [5.41, 5.74) is 0.827. The van der Waals surface area contributed by atoms with Crippen molar-refractivity contribution in [3.05, 3.63) is 56.2 Å². The third kappa shape index (κ3) is 3.80. The number of allylic oxidation sites excluding steroid dienone is 1. The van der Waals surface area contributed by atoms with E-state index in [0.29, 0.717) is 10.6 Å². The highest BCUT2D eigenvalue weighted by atomic mass is 79.9. The number of halogens is 1. The maximum absolute atomic E-state index is 11.9. The van der Waals surface area contributed by atoms with Crippen LogP contribution >= 0.6 is 27.3 Å². The Labute approximate surface area is 133 Å². The van der Waals surface area contributed by atoms with Gasteiger partial charge in [-0.1, -0.05) is 12.1 Å². The second kappa shape index (κ2) is 6.69. The van der Waals surface area contributed by atoms with Crippen molar-refractivity contribution >= 4 is 45.1 Å². The quantitative estimate of drug-likeness (QED) is 0.603. The molecule has 0 atom stereocenters. The van der Waals surface area contributed by atoms with Crippen molar-refractivity contribution in [3.63, 3.8) is 0 Å². The number of thiophene rings is 1. The summed E-state index contributed by atoms with van der Waals surface area (Å²) in [6.45, 7) is 0. The van der Waals surface area contributed by atoms with E-state index in [1.807, 2.05) is 12.1 Å². The van der Waals surface area contributed by atoms with Crippen molar-refractivity contribution in [2.75, 3.05) is 7.11 Å². The third-order valence-corrected chi connectivity index (χ3v) is 4.35.